The molecule has 16 heavy (non-hydrogen) atoms. The third-order valence-electron chi connectivity index (χ3n) is 2.89. The minimum atomic E-state index is -0.239. The lowest BCUT2D eigenvalue weighted by Gasteiger charge is -2.20. The first-order valence-corrected chi connectivity index (χ1v) is 6.01. The topological polar surface area (TPSA) is 23.5 Å². The summed E-state index contributed by atoms with van der Waals surface area (Å²) in [4.78, 5) is 2.18. The normalized spacial score (nSPS) is 15.1. The second-order valence-corrected chi connectivity index (χ2v) is 4.71. The van der Waals surface area contributed by atoms with E-state index in [1.165, 1.54) is 5.56 Å². The van der Waals surface area contributed by atoms with E-state index >= 15 is 0 Å². The summed E-state index contributed by atoms with van der Waals surface area (Å²) in [6, 6.07) is 10.6. The minimum Gasteiger partial charge on any atom is -0.392 e. The minimum absolute atomic E-state index is 0.239. The van der Waals surface area contributed by atoms with Crippen LogP contribution in [-0.2, 0) is 0 Å². The van der Waals surface area contributed by atoms with Crippen LogP contribution in [0.5, 0.6) is 0 Å². The van der Waals surface area contributed by atoms with Crippen molar-refractivity contribution in [3.05, 3.63) is 35.9 Å². The summed E-state index contributed by atoms with van der Waals surface area (Å²) < 4.78 is 0. The lowest BCUT2D eigenvalue weighted by Crippen LogP contribution is -2.28. The Balaban J connectivity index is 2.33. The van der Waals surface area contributed by atoms with Crippen molar-refractivity contribution in [2.75, 3.05) is 20.1 Å². The number of likely N-dealkylation sites (N-methyl/N-ethyl adjacent to an activating group) is 1. The van der Waals surface area contributed by atoms with E-state index in [2.05, 4.69) is 49.2 Å². The number of aliphatic hydroxyl groups excluding tert-OH is 1. The van der Waals surface area contributed by atoms with E-state index in [-0.39, 0.29) is 6.10 Å². The maximum Gasteiger partial charge on any atom is 0.0638 e. The molecule has 0 spiro atoms. The van der Waals surface area contributed by atoms with E-state index in [4.69, 9.17) is 0 Å². The molecular formula is C14H23NO. The molecule has 1 N–H and O–H groups in total. The first-order chi connectivity index (χ1) is 7.59. The van der Waals surface area contributed by atoms with Gasteiger partial charge in [-0.3, -0.25) is 0 Å². The average molecular weight is 221 g/mol. The standard InChI is InChI=1S/C14H23NO/c1-12(14-7-5-4-6-8-14)9-10-15(3)11-13(2)16/h4-8,12-13,16H,9-11H2,1-3H3/t12-,13-/m0/s1. The largest absolute Gasteiger partial charge is 0.392 e. The Kier molecular flexibility index (Phi) is 5.50. The first kappa shape index (κ1) is 13.2. The van der Waals surface area contributed by atoms with Crippen molar-refractivity contribution in [1.82, 2.24) is 4.90 Å². The molecule has 90 valence electrons. The van der Waals surface area contributed by atoms with Gasteiger partial charge in [0.25, 0.3) is 0 Å². The summed E-state index contributed by atoms with van der Waals surface area (Å²) in [5.41, 5.74) is 1.40. The number of benzene rings is 1. The number of nitrogens with zero attached hydrogens (tertiary/aromatic N) is 1. The van der Waals surface area contributed by atoms with E-state index in [9.17, 15) is 5.11 Å². The van der Waals surface area contributed by atoms with Gasteiger partial charge in [0.2, 0.25) is 0 Å². The van der Waals surface area contributed by atoms with Crippen LogP contribution in [0, 0.1) is 0 Å². The first-order valence-electron chi connectivity index (χ1n) is 6.01. The Labute approximate surface area is 98.9 Å². The molecule has 0 amide bonds. The zero-order chi connectivity index (χ0) is 12.0. The molecule has 0 aliphatic rings. The van der Waals surface area contributed by atoms with Gasteiger partial charge in [-0.15, -0.1) is 0 Å². The van der Waals surface area contributed by atoms with Crippen LogP contribution >= 0.6 is 0 Å². The summed E-state index contributed by atoms with van der Waals surface area (Å²) in [6.45, 7) is 5.87. The van der Waals surface area contributed by atoms with Gasteiger partial charge in [-0.25, -0.2) is 0 Å². The van der Waals surface area contributed by atoms with Gasteiger partial charge in [0, 0.05) is 6.54 Å². The van der Waals surface area contributed by atoms with Crippen molar-refractivity contribution < 1.29 is 5.11 Å². The van der Waals surface area contributed by atoms with Crippen LogP contribution in [0.3, 0.4) is 0 Å². The molecule has 0 heterocycles. The van der Waals surface area contributed by atoms with Crippen LogP contribution in [0.15, 0.2) is 30.3 Å². The highest BCUT2D eigenvalue weighted by Gasteiger charge is 2.07. The van der Waals surface area contributed by atoms with E-state index in [1.807, 2.05) is 6.92 Å². The third kappa shape index (κ3) is 4.77. The molecule has 0 unspecified atom stereocenters. The van der Waals surface area contributed by atoms with Gasteiger partial charge in [0.05, 0.1) is 6.10 Å². The second-order valence-electron chi connectivity index (χ2n) is 4.71. The van der Waals surface area contributed by atoms with Crippen molar-refractivity contribution in [1.29, 1.82) is 0 Å². The molecule has 0 aromatic heterocycles. The van der Waals surface area contributed by atoms with Gasteiger partial charge in [-0.05, 0) is 38.4 Å². The Morgan fingerprint density at radius 3 is 2.38 bits per heavy atom. The lowest BCUT2D eigenvalue weighted by molar-refractivity contribution is 0.140. The molecule has 0 radical (unpaired) electrons. The lowest BCUT2D eigenvalue weighted by atomic mass is 9.98. The molecule has 0 aliphatic carbocycles. The maximum atomic E-state index is 9.26. The van der Waals surface area contributed by atoms with Crippen molar-refractivity contribution in [2.45, 2.75) is 32.3 Å². The zero-order valence-corrected chi connectivity index (χ0v) is 10.6. The van der Waals surface area contributed by atoms with Crippen molar-refractivity contribution >= 4 is 0 Å². The zero-order valence-electron chi connectivity index (χ0n) is 10.6. The molecule has 0 aliphatic heterocycles. The average Bonchev–Trinajstić information content (AvgIpc) is 2.26. The number of rotatable bonds is 6. The predicted octanol–water partition coefficient (Wildman–Crippen LogP) is 2.49. The fourth-order valence-corrected chi connectivity index (χ4v) is 1.90. The van der Waals surface area contributed by atoms with Gasteiger partial charge in [-0.2, -0.15) is 0 Å². The summed E-state index contributed by atoms with van der Waals surface area (Å²) in [5.74, 6) is 0.581. The van der Waals surface area contributed by atoms with Crippen LogP contribution in [0.4, 0.5) is 0 Å². The number of hydrogen-bond donors (Lipinski definition) is 1. The number of aliphatic hydroxyl groups is 1. The summed E-state index contributed by atoms with van der Waals surface area (Å²) in [6.07, 6.45) is 0.893. The quantitative estimate of drug-likeness (QED) is 0.798. The summed E-state index contributed by atoms with van der Waals surface area (Å²) in [5, 5.41) is 9.26. The van der Waals surface area contributed by atoms with Gasteiger partial charge < -0.3 is 10.0 Å². The fraction of sp³-hybridized carbons (Fsp3) is 0.571. The molecule has 2 heteroatoms. The molecular weight excluding hydrogens is 198 g/mol. The second kappa shape index (κ2) is 6.66. The number of hydrogen-bond acceptors (Lipinski definition) is 2. The van der Waals surface area contributed by atoms with Gasteiger partial charge in [0.15, 0.2) is 0 Å². The van der Waals surface area contributed by atoms with E-state index in [0.717, 1.165) is 19.5 Å². The van der Waals surface area contributed by atoms with Gasteiger partial charge >= 0.3 is 0 Å². The summed E-state index contributed by atoms with van der Waals surface area (Å²) >= 11 is 0. The molecule has 0 fully saturated rings. The van der Waals surface area contributed by atoms with Crippen LogP contribution in [-0.4, -0.2) is 36.2 Å². The molecule has 1 rings (SSSR count). The van der Waals surface area contributed by atoms with Crippen molar-refractivity contribution in [3.8, 4) is 0 Å². The van der Waals surface area contributed by atoms with E-state index in [1.54, 1.807) is 0 Å². The van der Waals surface area contributed by atoms with Crippen molar-refractivity contribution in [3.63, 3.8) is 0 Å². The molecule has 1 aromatic carbocycles. The molecule has 0 saturated heterocycles. The maximum absolute atomic E-state index is 9.26. The van der Waals surface area contributed by atoms with E-state index < -0.39 is 0 Å². The molecule has 0 bridgehead atoms. The van der Waals surface area contributed by atoms with Crippen LogP contribution < -0.4 is 0 Å². The Bertz CT molecular complexity index is 284. The SMILES string of the molecule is C[C@H](O)CN(C)CC[C@H](C)c1ccccc1. The Hall–Kier alpha value is -0.860. The highest BCUT2D eigenvalue weighted by atomic mass is 16.3. The summed E-state index contributed by atoms with van der Waals surface area (Å²) in [7, 11) is 2.06. The monoisotopic (exact) mass is 221 g/mol. The van der Waals surface area contributed by atoms with Gasteiger partial charge in [0.1, 0.15) is 0 Å². The third-order valence-corrected chi connectivity index (χ3v) is 2.89. The van der Waals surface area contributed by atoms with Crippen molar-refractivity contribution in [2.24, 2.45) is 0 Å². The smallest absolute Gasteiger partial charge is 0.0638 e. The molecule has 2 atom stereocenters. The Morgan fingerprint density at radius 1 is 1.19 bits per heavy atom. The van der Waals surface area contributed by atoms with Crippen LogP contribution in [0.25, 0.3) is 0 Å². The highest BCUT2D eigenvalue weighted by molar-refractivity contribution is 5.18. The molecule has 2 nitrogen and oxygen atoms in total. The highest BCUT2D eigenvalue weighted by Crippen LogP contribution is 2.18. The molecule has 0 saturated carbocycles. The van der Waals surface area contributed by atoms with Crippen LogP contribution in [0.1, 0.15) is 31.7 Å². The van der Waals surface area contributed by atoms with Crippen LogP contribution in [0.2, 0.25) is 0 Å². The molecule has 1 aromatic rings. The Morgan fingerprint density at radius 2 is 1.81 bits per heavy atom. The van der Waals surface area contributed by atoms with E-state index in [0.29, 0.717) is 5.92 Å². The fourth-order valence-electron chi connectivity index (χ4n) is 1.90. The predicted molar refractivity (Wildman–Crippen MR) is 68.7 cm³/mol. The van der Waals surface area contributed by atoms with Gasteiger partial charge in [-0.1, -0.05) is 37.3 Å².